The standard InChI is InChI=1S/C8H9N3O4/c9-4-1-6(12)11(3-4)8-10-2-5(15-8)7(13)14/h2,4H,1,3,9H2,(H,13,14). The summed E-state index contributed by atoms with van der Waals surface area (Å²) in [6.07, 6.45) is 1.29. The highest BCUT2D eigenvalue weighted by atomic mass is 16.4. The van der Waals surface area contributed by atoms with Crippen molar-refractivity contribution in [2.75, 3.05) is 11.4 Å². The van der Waals surface area contributed by atoms with Gasteiger partial charge in [-0.15, -0.1) is 0 Å². The van der Waals surface area contributed by atoms with E-state index in [1.807, 2.05) is 0 Å². The zero-order chi connectivity index (χ0) is 11.0. The molecule has 0 radical (unpaired) electrons. The molecule has 80 valence electrons. The fourth-order valence-corrected chi connectivity index (χ4v) is 1.41. The summed E-state index contributed by atoms with van der Waals surface area (Å²) in [5.41, 5.74) is 5.57. The number of rotatable bonds is 2. The van der Waals surface area contributed by atoms with Crippen LogP contribution in [0, 0.1) is 0 Å². The molecule has 0 aliphatic carbocycles. The number of oxazole rings is 1. The molecule has 1 saturated heterocycles. The van der Waals surface area contributed by atoms with Gasteiger partial charge in [0.25, 0.3) is 0 Å². The van der Waals surface area contributed by atoms with Crippen molar-refractivity contribution in [2.45, 2.75) is 12.5 Å². The summed E-state index contributed by atoms with van der Waals surface area (Å²) in [5, 5.41) is 8.60. The number of carboxylic acids is 1. The molecule has 0 bridgehead atoms. The van der Waals surface area contributed by atoms with Crippen LogP contribution >= 0.6 is 0 Å². The Morgan fingerprint density at radius 2 is 2.47 bits per heavy atom. The van der Waals surface area contributed by atoms with E-state index < -0.39 is 5.97 Å². The minimum atomic E-state index is -1.22. The van der Waals surface area contributed by atoms with E-state index in [0.29, 0.717) is 6.54 Å². The van der Waals surface area contributed by atoms with E-state index in [1.54, 1.807) is 0 Å². The van der Waals surface area contributed by atoms with Crippen molar-refractivity contribution in [1.82, 2.24) is 4.98 Å². The van der Waals surface area contributed by atoms with Gasteiger partial charge in [0.15, 0.2) is 0 Å². The van der Waals surface area contributed by atoms with Crippen LogP contribution in [-0.2, 0) is 4.79 Å². The Hall–Kier alpha value is -1.89. The van der Waals surface area contributed by atoms with Gasteiger partial charge in [0.2, 0.25) is 11.7 Å². The number of aromatic carboxylic acids is 1. The topological polar surface area (TPSA) is 110 Å². The lowest BCUT2D eigenvalue weighted by molar-refractivity contribution is -0.117. The van der Waals surface area contributed by atoms with Gasteiger partial charge in [-0.2, -0.15) is 0 Å². The highest BCUT2D eigenvalue weighted by Gasteiger charge is 2.31. The SMILES string of the molecule is NC1CC(=O)N(c2ncc(C(=O)O)o2)C1. The number of carboxylic acid groups (broad SMARTS) is 1. The number of carbonyl (C=O) groups excluding carboxylic acids is 1. The van der Waals surface area contributed by atoms with Crippen LogP contribution in [0.1, 0.15) is 17.0 Å². The van der Waals surface area contributed by atoms with Crippen LogP contribution in [0.4, 0.5) is 6.01 Å². The van der Waals surface area contributed by atoms with Crippen LogP contribution in [0.15, 0.2) is 10.6 Å². The van der Waals surface area contributed by atoms with Crippen molar-refractivity contribution in [3.05, 3.63) is 12.0 Å². The predicted molar refractivity (Wildman–Crippen MR) is 48.4 cm³/mol. The minimum Gasteiger partial charge on any atom is -0.475 e. The maximum atomic E-state index is 11.4. The molecule has 0 saturated carbocycles. The van der Waals surface area contributed by atoms with Gasteiger partial charge in [-0.3, -0.25) is 9.69 Å². The average molecular weight is 211 g/mol. The van der Waals surface area contributed by atoms with Crippen molar-refractivity contribution in [1.29, 1.82) is 0 Å². The first-order valence-electron chi connectivity index (χ1n) is 4.33. The third kappa shape index (κ3) is 1.68. The Morgan fingerprint density at radius 1 is 1.73 bits per heavy atom. The van der Waals surface area contributed by atoms with E-state index in [2.05, 4.69) is 4.98 Å². The second-order valence-corrected chi connectivity index (χ2v) is 3.28. The second kappa shape index (κ2) is 3.35. The lowest BCUT2D eigenvalue weighted by Gasteiger charge is -2.09. The lowest BCUT2D eigenvalue weighted by Crippen LogP contribution is -2.28. The van der Waals surface area contributed by atoms with Crippen molar-refractivity contribution >= 4 is 17.9 Å². The molecule has 1 aliphatic rings. The Kier molecular flexibility index (Phi) is 2.16. The summed E-state index contributed by atoms with van der Waals surface area (Å²) in [6, 6.07) is -0.261. The van der Waals surface area contributed by atoms with E-state index in [-0.39, 0.29) is 30.1 Å². The highest BCUT2D eigenvalue weighted by Crippen LogP contribution is 2.20. The summed E-state index contributed by atoms with van der Waals surface area (Å²) < 4.78 is 4.89. The summed E-state index contributed by atoms with van der Waals surface area (Å²) >= 11 is 0. The first-order valence-corrected chi connectivity index (χ1v) is 4.33. The van der Waals surface area contributed by atoms with Gasteiger partial charge in [0.1, 0.15) is 0 Å². The number of carbonyl (C=O) groups is 2. The smallest absolute Gasteiger partial charge is 0.373 e. The summed E-state index contributed by atoms with van der Waals surface area (Å²) in [4.78, 5) is 26.8. The monoisotopic (exact) mass is 211 g/mol. The van der Waals surface area contributed by atoms with E-state index in [4.69, 9.17) is 15.3 Å². The van der Waals surface area contributed by atoms with Gasteiger partial charge < -0.3 is 15.3 Å². The molecule has 0 spiro atoms. The molecule has 7 nitrogen and oxygen atoms in total. The second-order valence-electron chi connectivity index (χ2n) is 3.28. The molecule has 3 N–H and O–H groups in total. The van der Waals surface area contributed by atoms with Gasteiger partial charge >= 0.3 is 12.0 Å². The van der Waals surface area contributed by atoms with Gasteiger partial charge in [-0.1, -0.05) is 0 Å². The summed E-state index contributed by atoms with van der Waals surface area (Å²) in [7, 11) is 0. The molecular formula is C8H9N3O4. The van der Waals surface area contributed by atoms with Crippen LogP contribution < -0.4 is 10.6 Å². The number of nitrogens with zero attached hydrogens (tertiary/aromatic N) is 2. The van der Waals surface area contributed by atoms with Gasteiger partial charge in [0.05, 0.1) is 6.20 Å². The molecule has 1 atom stereocenters. The molecule has 2 rings (SSSR count). The van der Waals surface area contributed by atoms with Crippen molar-refractivity contribution in [3.8, 4) is 0 Å². The maximum absolute atomic E-state index is 11.4. The Balaban J connectivity index is 2.23. The minimum absolute atomic E-state index is 0.00894. The fraction of sp³-hybridized carbons (Fsp3) is 0.375. The first kappa shape index (κ1) is 9.66. The number of hydrogen-bond acceptors (Lipinski definition) is 5. The molecule has 2 heterocycles. The molecule has 1 aliphatic heterocycles. The van der Waals surface area contributed by atoms with Crippen LogP contribution in [0.5, 0.6) is 0 Å². The van der Waals surface area contributed by atoms with Crippen LogP contribution in [0.2, 0.25) is 0 Å². The van der Waals surface area contributed by atoms with Crippen molar-refractivity contribution in [3.63, 3.8) is 0 Å². The van der Waals surface area contributed by atoms with E-state index in [9.17, 15) is 9.59 Å². The molecule has 1 amide bonds. The van der Waals surface area contributed by atoms with Gasteiger partial charge in [0, 0.05) is 19.0 Å². The number of amides is 1. The highest BCUT2D eigenvalue weighted by molar-refractivity contribution is 5.94. The van der Waals surface area contributed by atoms with Crippen LogP contribution in [-0.4, -0.2) is 34.6 Å². The average Bonchev–Trinajstić information content (AvgIpc) is 2.71. The van der Waals surface area contributed by atoms with Crippen LogP contribution in [0.3, 0.4) is 0 Å². The number of anilines is 1. The maximum Gasteiger partial charge on any atom is 0.373 e. The molecule has 1 aromatic heterocycles. The lowest BCUT2D eigenvalue weighted by atomic mass is 10.3. The quantitative estimate of drug-likeness (QED) is 0.678. The van der Waals surface area contributed by atoms with Gasteiger partial charge in [-0.25, -0.2) is 9.78 Å². The zero-order valence-electron chi connectivity index (χ0n) is 7.71. The van der Waals surface area contributed by atoms with Gasteiger partial charge in [-0.05, 0) is 0 Å². The number of aromatic nitrogens is 1. The molecule has 15 heavy (non-hydrogen) atoms. The molecule has 1 unspecified atom stereocenters. The van der Waals surface area contributed by atoms with E-state index in [0.717, 1.165) is 6.20 Å². The number of nitrogens with two attached hydrogens (primary N) is 1. The Bertz CT molecular complexity index is 414. The van der Waals surface area contributed by atoms with E-state index >= 15 is 0 Å². The molecular weight excluding hydrogens is 202 g/mol. The molecule has 7 heteroatoms. The summed E-state index contributed by atoms with van der Waals surface area (Å²) in [5.74, 6) is -1.72. The van der Waals surface area contributed by atoms with Crippen molar-refractivity contribution in [2.24, 2.45) is 5.73 Å². The van der Waals surface area contributed by atoms with E-state index in [1.165, 1.54) is 4.90 Å². The van der Waals surface area contributed by atoms with Crippen LogP contribution in [0.25, 0.3) is 0 Å². The zero-order valence-corrected chi connectivity index (χ0v) is 7.71. The largest absolute Gasteiger partial charge is 0.475 e. The third-order valence-corrected chi connectivity index (χ3v) is 2.09. The van der Waals surface area contributed by atoms with Crippen molar-refractivity contribution < 1.29 is 19.1 Å². The molecule has 1 fully saturated rings. The first-order chi connectivity index (χ1) is 7.08. The number of hydrogen-bond donors (Lipinski definition) is 2. The Morgan fingerprint density at radius 3 is 2.93 bits per heavy atom. The normalized spacial score (nSPS) is 21.0. The molecule has 1 aromatic rings. The predicted octanol–water partition coefficient (Wildman–Crippen LogP) is -0.563. The summed E-state index contributed by atoms with van der Waals surface area (Å²) in [6.45, 7) is 0.304. The molecule has 0 aromatic carbocycles. The Labute approximate surface area is 84.5 Å². The third-order valence-electron chi connectivity index (χ3n) is 2.09. The fourth-order valence-electron chi connectivity index (χ4n) is 1.41.